The summed E-state index contributed by atoms with van der Waals surface area (Å²) >= 11 is 1.58. The normalized spacial score (nSPS) is 22.7. The quantitative estimate of drug-likeness (QED) is 0.889. The second-order valence-electron chi connectivity index (χ2n) is 6.43. The van der Waals surface area contributed by atoms with Gasteiger partial charge in [-0.25, -0.2) is 4.98 Å². The van der Waals surface area contributed by atoms with Crippen LogP contribution in [0.25, 0.3) is 0 Å². The zero-order chi connectivity index (χ0) is 17.2. The lowest BCUT2D eigenvalue weighted by Gasteiger charge is -2.23. The van der Waals surface area contributed by atoms with Crippen LogP contribution in [-0.4, -0.2) is 41.1 Å². The highest BCUT2D eigenvalue weighted by molar-refractivity contribution is 7.09. The van der Waals surface area contributed by atoms with Gasteiger partial charge < -0.3 is 5.32 Å². The number of nitrogens with zero attached hydrogens (tertiary/aromatic N) is 2. The van der Waals surface area contributed by atoms with Gasteiger partial charge in [-0.3, -0.25) is 9.69 Å². The number of carbonyl (C=O) groups excluding carboxylic acids is 1. The van der Waals surface area contributed by atoms with Crippen molar-refractivity contribution >= 4 is 17.2 Å². The molecule has 1 fully saturated rings. The van der Waals surface area contributed by atoms with Crippen molar-refractivity contribution < 1.29 is 18.0 Å². The van der Waals surface area contributed by atoms with Gasteiger partial charge in [0, 0.05) is 30.6 Å². The number of nitrogens with one attached hydrogen (secondary N) is 1. The van der Waals surface area contributed by atoms with E-state index in [4.69, 9.17) is 0 Å². The topological polar surface area (TPSA) is 45.2 Å². The minimum Gasteiger partial charge on any atom is -0.351 e. The lowest BCUT2D eigenvalue weighted by molar-refractivity contribution is -0.154. The molecule has 0 unspecified atom stereocenters. The van der Waals surface area contributed by atoms with E-state index in [-0.39, 0.29) is 12.0 Å². The average Bonchev–Trinajstić information content (AvgIpc) is 2.95. The van der Waals surface area contributed by atoms with Crippen LogP contribution in [0.2, 0.25) is 0 Å². The maximum atomic E-state index is 12.3. The number of alkyl halides is 3. The molecular weight excluding hydrogens is 327 g/mol. The van der Waals surface area contributed by atoms with Crippen LogP contribution in [0, 0.1) is 18.8 Å². The minimum atomic E-state index is -4.46. The third-order valence-corrected chi connectivity index (χ3v) is 5.14. The van der Waals surface area contributed by atoms with Gasteiger partial charge in [-0.05, 0) is 18.8 Å². The molecule has 1 N–H and O–H groups in total. The molecule has 130 valence electrons. The molecule has 2 atom stereocenters. The Labute approximate surface area is 138 Å². The van der Waals surface area contributed by atoms with Crippen LogP contribution in [-0.2, 0) is 11.3 Å². The number of hydrogen-bond acceptors (Lipinski definition) is 4. The fourth-order valence-electron chi connectivity index (χ4n) is 2.99. The Morgan fingerprint density at radius 3 is 2.70 bits per heavy atom. The van der Waals surface area contributed by atoms with Crippen LogP contribution in [0.15, 0.2) is 5.51 Å². The first-order valence-electron chi connectivity index (χ1n) is 7.63. The lowest BCUT2D eigenvalue weighted by Crippen LogP contribution is -2.43. The maximum Gasteiger partial charge on any atom is 0.397 e. The van der Waals surface area contributed by atoms with Gasteiger partial charge in [0.15, 0.2) is 0 Å². The summed E-state index contributed by atoms with van der Waals surface area (Å²) in [5.74, 6) is -0.497. The van der Waals surface area contributed by atoms with Gasteiger partial charge in [-0.15, -0.1) is 11.3 Å². The van der Waals surface area contributed by atoms with Crippen molar-refractivity contribution in [2.24, 2.45) is 11.8 Å². The van der Waals surface area contributed by atoms with E-state index in [1.54, 1.807) is 16.8 Å². The SMILES string of the molecule is Cc1ncsc1CN1C[C@H](NC(=O)CC(F)(F)F)[C@@H](C(C)C)C1. The van der Waals surface area contributed by atoms with Gasteiger partial charge in [0.1, 0.15) is 6.42 Å². The van der Waals surface area contributed by atoms with Crippen LogP contribution in [0.5, 0.6) is 0 Å². The summed E-state index contributed by atoms with van der Waals surface area (Å²) in [7, 11) is 0. The number of carbonyl (C=O) groups is 1. The van der Waals surface area contributed by atoms with Crippen molar-refractivity contribution in [3.8, 4) is 0 Å². The molecule has 8 heteroatoms. The van der Waals surface area contributed by atoms with Crippen LogP contribution < -0.4 is 5.32 Å². The first-order chi connectivity index (χ1) is 10.7. The van der Waals surface area contributed by atoms with E-state index in [9.17, 15) is 18.0 Å². The van der Waals surface area contributed by atoms with Gasteiger partial charge in [-0.2, -0.15) is 13.2 Å². The monoisotopic (exact) mass is 349 g/mol. The number of likely N-dealkylation sites (tertiary alicyclic amines) is 1. The molecule has 0 saturated carbocycles. The Balaban J connectivity index is 1.98. The predicted octanol–water partition coefficient (Wildman–Crippen LogP) is 2.98. The smallest absolute Gasteiger partial charge is 0.351 e. The van der Waals surface area contributed by atoms with Crippen molar-refractivity contribution in [2.75, 3.05) is 13.1 Å². The molecule has 4 nitrogen and oxygen atoms in total. The van der Waals surface area contributed by atoms with Crippen molar-refractivity contribution in [2.45, 2.75) is 46.0 Å². The summed E-state index contributed by atoms with van der Waals surface area (Å²) in [4.78, 5) is 19.2. The summed E-state index contributed by atoms with van der Waals surface area (Å²) in [6.07, 6.45) is -5.88. The molecule has 1 aromatic rings. The summed E-state index contributed by atoms with van der Waals surface area (Å²) in [5, 5.41) is 2.58. The highest BCUT2D eigenvalue weighted by Crippen LogP contribution is 2.28. The van der Waals surface area contributed by atoms with Crippen molar-refractivity contribution in [3.63, 3.8) is 0 Å². The van der Waals surface area contributed by atoms with Crippen LogP contribution in [0.1, 0.15) is 30.8 Å². The third-order valence-electron chi connectivity index (χ3n) is 4.22. The first-order valence-corrected chi connectivity index (χ1v) is 8.51. The number of thiazole rings is 1. The molecule has 0 bridgehead atoms. The zero-order valence-corrected chi connectivity index (χ0v) is 14.3. The Morgan fingerprint density at radius 2 is 2.17 bits per heavy atom. The number of aromatic nitrogens is 1. The second kappa shape index (κ2) is 7.17. The van der Waals surface area contributed by atoms with Crippen molar-refractivity contribution in [1.82, 2.24) is 15.2 Å². The zero-order valence-electron chi connectivity index (χ0n) is 13.5. The van der Waals surface area contributed by atoms with E-state index in [1.807, 2.05) is 20.8 Å². The highest BCUT2D eigenvalue weighted by Gasteiger charge is 2.38. The molecule has 2 heterocycles. The molecule has 0 spiro atoms. The largest absolute Gasteiger partial charge is 0.397 e. The van der Waals surface area contributed by atoms with E-state index >= 15 is 0 Å². The lowest BCUT2D eigenvalue weighted by atomic mass is 9.91. The standard InChI is InChI=1S/C15H22F3N3OS/c1-9(2)11-5-21(7-13-10(3)19-8-23-13)6-12(11)20-14(22)4-15(16,17)18/h8-9,11-12H,4-7H2,1-3H3,(H,20,22)/t11-,12+/m1/s1. The first kappa shape index (κ1) is 18.2. The van der Waals surface area contributed by atoms with Crippen LogP contribution in [0.3, 0.4) is 0 Å². The van der Waals surface area contributed by atoms with E-state index in [2.05, 4.69) is 15.2 Å². The number of aryl methyl sites for hydroxylation is 1. The molecule has 1 saturated heterocycles. The molecule has 2 rings (SSSR count). The summed E-state index contributed by atoms with van der Waals surface area (Å²) < 4.78 is 37.0. The number of rotatable bonds is 5. The molecule has 1 aliphatic rings. The summed E-state index contributed by atoms with van der Waals surface area (Å²) in [6.45, 7) is 8.09. The van der Waals surface area contributed by atoms with Gasteiger partial charge in [0.2, 0.25) is 5.91 Å². The Hall–Kier alpha value is -1.15. The number of halogens is 3. The molecule has 0 aromatic carbocycles. The minimum absolute atomic E-state index is 0.153. The van der Waals surface area contributed by atoms with E-state index < -0.39 is 18.5 Å². The van der Waals surface area contributed by atoms with E-state index in [0.717, 1.165) is 23.7 Å². The second-order valence-corrected chi connectivity index (χ2v) is 7.37. The molecule has 0 radical (unpaired) electrons. The van der Waals surface area contributed by atoms with Crippen molar-refractivity contribution in [1.29, 1.82) is 0 Å². The predicted molar refractivity (Wildman–Crippen MR) is 83.1 cm³/mol. The van der Waals surface area contributed by atoms with Gasteiger partial charge in [0.05, 0.1) is 11.2 Å². The summed E-state index contributed by atoms with van der Waals surface area (Å²) in [5.41, 5.74) is 2.78. The Morgan fingerprint density at radius 1 is 1.48 bits per heavy atom. The maximum absolute atomic E-state index is 12.3. The molecule has 23 heavy (non-hydrogen) atoms. The Bertz CT molecular complexity index is 544. The summed E-state index contributed by atoms with van der Waals surface area (Å²) in [6, 6.07) is -0.238. The molecular formula is C15H22F3N3OS. The van der Waals surface area contributed by atoms with Crippen molar-refractivity contribution in [3.05, 3.63) is 16.1 Å². The number of amides is 1. The Kier molecular flexibility index (Phi) is 5.67. The molecule has 0 aliphatic carbocycles. The van der Waals surface area contributed by atoms with Crippen LogP contribution in [0.4, 0.5) is 13.2 Å². The van der Waals surface area contributed by atoms with Crippen LogP contribution >= 0.6 is 11.3 Å². The van der Waals surface area contributed by atoms with E-state index in [1.165, 1.54) is 0 Å². The third kappa shape index (κ3) is 5.17. The number of hydrogen-bond donors (Lipinski definition) is 1. The van der Waals surface area contributed by atoms with Gasteiger partial charge >= 0.3 is 6.18 Å². The van der Waals surface area contributed by atoms with Gasteiger partial charge in [-0.1, -0.05) is 13.8 Å². The molecule has 1 aromatic heterocycles. The fourth-order valence-corrected chi connectivity index (χ4v) is 3.81. The average molecular weight is 349 g/mol. The van der Waals surface area contributed by atoms with E-state index in [0.29, 0.717) is 12.5 Å². The molecule has 1 aliphatic heterocycles. The highest BCUT2D eigenvalue weighted by atomic mass is 32.1. The fraction of sp³-hybridized carbons (Fsp3) is 0.733. The van der Waals surface area contributed by atoms with Gasteiger partial charge in [0.25, 0.3) is 0 Å². The molecule has 1 amide bonds.